The van der Waals surface area contributed by atoms with E-state index in [1.165, 1.54) is 19.6 Å². The first kappa shape index (κ1) is 28.8. The van der Waals surface area contributed by atoms with Gasteiger partial charge in [-0.25, -0.2) is 0 Å². The van der Waals surface area contributed by atoms with Gasteiger partial charge in [-0.3, -0.25) is 14.4 Å². The Bertz CT molecular complexity index is 1100. The lowest BCUT2D eigenvalue weighted by Crippen LogP contribution is -2.66. The maximum absolute atomic E-state index is 13.1. The van der Waals surface area contributed by atoms with Crippen molar-refractivity contribution in [2.45, 2.75) is 106 Å². The molecule has 0 amide bonds. The second kappa shape index (κ2) is 9.16. The molecular formula is C33H50O6. The largest absolute Gasteiger partial charge is 0.469 e. The average molecular weight is 543 g/mol. The zero-order valence-electron chi connectivity index (χ0n) is 25.4. The smallest absolute Gasteiger partial charge is 0.309 e. The summed E-state index contributed by atoms with van der Waals surface area (Å²) in [5.41, 5.74) is 0.516. The van der Waals surface area contributed by atoms with Gasteiger partial charge in [-0.1, -0.05) is 53.2 Å². The molecule has 0 saturated heterocycles. The Morgan fingerprint density at radius 2 is 1.72 bits per heavy atom. The van der Waals surface area contributed by atoms with Crippen molar-refractivity contribution in [1.29, 1.82) is 0 Å². The first-order valence-corrected chi connectivity index (χ1v) is 15.2. The van der Waals surface area contributed by atoms with Gasteiger partial charge in [-0.2, -0.15) is 0 Å². The van der Waals surface area contributed by atoms with Gasteiger partial charge in [0.25, 0.3) is 0 Å². The lowest BCUT2D eigenvalue weighted by atomic mass is 9.33. The van der Waals surface area contributed by atoms with E-state index in [2.05, 4.69) is 40.7 Å². The lowest BCUT2D eigenvalue weighted by Gasteiger charge is -2.71. The van der Waals surface area contributed by atoms with Crippen molar-refractivity contribution in [3.05, 3.63) is 11.6 Å². The molecule has 6 heteroatoms. The highest BCUT2D eigenvalue weighted by Crippen LogP contribution is 2.75. The van der Waals surface area contributed by atoms with Crippen LogP contribution in [0.3, 0.4) is 0 Å². The standard InChI is InChI=1S/C33H50O6/c1-19-21(28(37)38-8)17-26(39-20(2)35)30(4)15-16-32(6)22(27(19)30)9-10-24-29(3)13-12-25(36)31(5,18-34)23(29)11-14-33(24,32)7/h9,19,21,23-24,26-27,34H,10-18H2,1-8H3/t19-,21+,23-,24-,26-,27-,29-,30-,31-,32+,33+/m0/s1. The molecule has 5 aliphatic carbocycles. The number of carbonyl (C=O) groups is 3. The Kier molecular flexibility index (Phi) is 6.77. The first-order valence-electron chi connectivity index (χ1n) is 15.2. The number of esters is 2. The van der Waals surface area contributed by atoms with E-state index in [-0.39, 0.29) is 75.8 Å². The van der Waals surface area contributed by atoms with Gasteiger partial charge < -0.3 is 14.6 Å². The molecule has 0 bridgehead atoms. The van der Waals surface area contributed by atoms with Gasteiger partial charge in [0.15, 0.2) is 0 Å². The number of ketones is 1. The fourth-order valence-corrected chi connectivity index (χ4v) is 11.3. The van der Waals surface area contributed by atoms with E-state index >= 15 is 0 Å². The summed E-state index contributed by atoms with van der Waals surface area (Å²) in [7, 11) is 1.45. The summed E-state index contributed by atoms with van der Waals surface area (Å²) < 4.78 is 11.2. The molecule has 0 heterocycles. The minimum absolute atomic E-state index is 0.0167. The van der Waals surface area contributed by atoms with Crippen LogP contribution in [0.4, 0.5) is 0 Å². The number of Topliss-reactive ketones (excluding diaryl/α,β-unsaturated/α-hetero) is 1. The molecule has 0 spiro atoms. The van der Waals surface area contributed by atoms with Crippen LogP contribution in [0.5, 0.6) is 0 Å². The molecule has 11 atom stereocenters. The van der Waals surface area contributed by atoms with Crippen molar-refractivity contribution in [3.63, 3.8) is 0 Å². The number of hydrogen-bond acceptors (Lipinski definition) is 6. The predicted molar refractivity (Wildman–Crippen MR) is 148 cm³/mol. The molecule has 218 valence electrons. The van der Waals surface area contributed by atoms with E-state index in [4.69, 9.17) is 9.47 Å². The Labute approximate surface area is 234 Å². The molecule has 6 nitrogen and oxygen atoms in total. The van der Waals surface area contributed by atoms with E-state index in [0.29, 0.717) is 18.8 Å². The third-order valence-corrected chi connectivity index (χ3v) is 13.8. The number of carbonyl (C=O) groups excluding carboxylic acids is 3. The number of aliphatic hydroxyl groups excluding tert-OH is 1. The van der Waals surface area contributed by atoms with E-state index in [9.17, 15) is 19.5 Å². The van der Waals surface area contributed by atoms with Crippen LogP contribution in [-0.4, -0.2) is 42.6 Å². The molecule has 0 aromatic rings. The number of hydrogen-bond donors (Lipinski definition) is 1. The molecule has 0 aromatic heterocycles. The molecule has 0 unspecified atom stereocenters. The van der Waals surface area contributed by atoms with Crippen LogP contribution >= 0.6 is 0 Å². The summed E-state index contributed by atoms with van der Waals surface area (Å²) in [6.45, 7) is 15.2. The SMILES string of the molecule is COC(=O)[C@@H]1C[C@H](OC(C)=O)[C@]2(C)CC[C@]3(C)C(=CC[C@H]4[C@@]5(C)CCC(=O)[C@@](C)(CO)[C@H]5CC[C@]43C)[C@@H]2[C@H]1C. The van der Waals surface area contributed by atoms with Gasteiger partial charge in [0.05, 0.1) is 25.0 Å². The second-order valence-electron chi connectivity index (χ2n) is 15.1. The van der Waals surface area contributed by atoms with Crippen molar-refractivity contribution in [3.8, 4) is 0 Å². The number of fused-ring (bicyclic) bond motifs is 7. The zero-order valence-corrected chi connectivity index (χ0v) is 25.4. The van der Waals surface area contributed by atoms with Crippen LogP contribution in [0.15, 0.2) is 11.6 Å². The number of methoxy groups -OCH3 is 1. The van der Waals surface area contributed by atoms with Crippen LogP contribution < -0.4 is 0 Å². The van der Waals surface area contributed by atoms with Crippen LogP contribution in [-0.2, 0) is 23.9 Å². The average Bonchev–Trinajstić information content (AvgIpc) is 2.88. The Balaban J connectivity index is 1.60. The Hall–Kier alpha value is -1.69. The molecule has 0 aromatic carbocycles. The summed E-state index contributed by atoms with van der Waals surface area (Å²) >= 11 is 0. The molecular weight excluding hydrogens is 492 g/mol. The Morgan fingerprint density at radius 1 is 1.03 bits per heavy atom. The molecule has 5 rings (SSSR count). The monoisotopic (exact) mass is 542 g/mol. The van der Waals surface area contributed by atoms with E-state index < -0.39 is 5.41 Å². The summed E-state index contributed by atoms with van der Waals surface area (Å²) in [6.07, 6.45) is 9.01. The minimum Gasteiger partial charge on any atom is -0.469 e. The molecule has 0 radical (unpaired) electrons. The predicted octanol–water partition coefficient (Wildman–Crippen LogP) is 5.90. The zero-order chi connectivity index (χ0) is 28.8. The highest BCUT2D eigenvalue weighted by atomic mass is 16.5. The highest BCUT2D eigenvalue weighted by Gasteiger charge is 2.70. The Morgan fingerprint density at radius 3 is 2.33 bits per heavy atom. The van der Waals surface area contributed by atoms with Crippen LogP contribution in [0.25, 0.3) is 0 Å². The van der Waals surface area contributed by atoms with Gasteiger partial charge in [0.2, 0.25) is 0 Å². The molecule has 4 saturated carbocycles. The maximum Gasteiger partial charge on any atom is 0.309 e. The van der Waals surface area contributed by atoms with Crippen molar-refractivity contribution in [2.75, 3.05) is 13.7 Å². The van der Waals surface area contributed by atoms with Gasteiger partial charge in [0, 0.05) is 18.8 Å². The van der Waals surface area contributed by atoms with Gasteiger partial charge in [-0.15, -0.1) is 0 Å². The minimum atomic E-state index is -0.659. The fourth-order valence-electron chi connectivity index (χ4n) is 11.3. The van der Waals surface area contributed by atoms with Crippen LogP contribution in [0, 0.1) is 56.7 Å². The quantitative estimate of drug-likeness (QED) is 0.353. The van der Waals surface area contributed by atoms with Crippen molar-refractivity contribution in [2.24, 2.45) is 56.7 Å². The van der Waals surface area contributed by atoms with Crippen molar-refractivity contribution >= 4 is 17.7 Å². The van der Waals surface area contributed by atoms with Crippen molar-refractivity contribution < 1.29 is 29.0 Å². The summed E-state index contributed by atoms with van der Waals surface area (Å²) in [4.78, 5) is 38.3. The summed E-state index contributed by atoms with van der Waals surface area (Å²) in [6, 6.07) is 0. The first-order chi connectivity index (χ1) is 18.1. The van der Waals surface area contributed by atoms with E-state index in [1.54, 1.807) is 0 Å². The van der Waals surface area contributed by atoms with Crippen molar-refractivity contribution in [1.82, 2.24) is 0 Å². The fraction of sp³-hybridized carbons (Fsp3) is 0.848. The lowest BCUT2D eigenvalue weighted by molar-refractivity contribution is -0.204. The third-order valence-electron chi connectivity index (χ3n) is 13.8. The number of aliphatic hydroxyl groups is 1. The van der Waals surface area contributed by atoms with Crippen LogP contribution in [0.2, 0.25) is 0 Å². The van der Waals surface area contributed by atoms with Gasteiger partial charge in [0.1, 0.15) is 11.9 Å². The number of ether oxygens (including phenoxy) is 2. The molecule has 1 N–H and O–H groups in total. The third kappa shape index (κ3) is 3.64. The molecule has 4 fully saturated rings. The number of allylic oxidation sites excluding steroid dienone is 2. The molecule has 0 aliphatic heterocycles. The number of rotatable bonds is 3. The maximum atomic E-state index is 13.1. The molecule has 39 heavy (non-hydrogen) atoms. The van der Waals surface area contributed by atoms with Gasteiger partial charge in [-0.05, 0) is 84.9 Å². The van der Waals surface area contributed by atoms with Gasteiger partial charge >= 0.3 is 11.9 Å². The van der Waals surface area contributed by atoms with E-state index in [0.717, 1.165) is 38.5 Å². The van der Waals surface area contributed by atoms with E-state index in [1.807, 2.05) is 6.92 Å². The normalized spacial score (nSPS) is 50.9. The van der Waals surface area contributed by atoms with Crippen LogP contribution in [0.1, 0.15) is 99.8 Å². The molecule has 5 aliphatic rings. The summed E-state index contributed by atoms with van der Waals surface area (Å²) in [5.74, 6) is 0.222. The summed E-state index contributed by atoms with van der Waals surface area (Å²) in [5, 5.41) is 10.4. The topological polar surface area (TPSA) is 89.9 Å². The highest BCUT2D eigenvalue weighted by molar-refractivity contribution is 5.86. The second-order valence-corrected chi connectivity index (χ2v) is 15.1.